The zero-order valence-corrected chi connectivity index (χ0v) is 11.1. The van der Waals surface area contributed by atoms with Gasteiger partial charge in [-0.3, -0.25) is 9.59 Å². The summed E-state index contributed by atoms with van der Waals surface area (Å²) in [6.07, 6.45) is 1.69. The van der Waals surface area contributed by atoms with Crippen molar-refractivity contribution in [2.45, 2.75) is 13.8 Å². The monoisotopic (exact) mass is 257 g/mol. The van der Waals surface area contributed by atoms with Crippen molar-refractivity contribution < 1.29 is 14.3 Å². The molecular weight excluding hydrogens is 242 g/mol. The van der Waals surface area contributed by atoms with E-state index in [4.69, 9.17) is 4.74 Å². The van der Waals surface area contributed by atoms with E-state index < -0.39 is 0 Å². The highest BCUT2D eigenvalue weighted by Crippen LogP contribution is 2.28. The Morgan fingerprint density at radius 3 is 2.16 bits per heavy atom. The van der Waals surface area contributed by atoms with Gasteiger partial charge in [-0.25, -0.2) is 0 Å². The molecule has 0 atom stereocenters. The van der Waals surface area contributed by atoms with Crippen LogP contribution in [0.3, 0.4) is 0 Å². The quantitative estimate of drug-likeness (QED) is 0.856. The minimum absolute atomic E-state index is 0.128. The highest BCUT2D eigenvalue weighted by atomic mass is 16.5. The molecule has 0 spiro atoms. The van der Waals surface area contributed by atoms with Gasteiger partial charge in [-0.1, -0.05) is 12.1 Å². The number of hydrogen-bond donors (Lipinski definition) is 1. The van der Waals surface area contributed by atoms with Crippen LogP contribution in [0.15, 0.2) is 30.5 Å². The number of Topliss-reactive ketones (excluding diaryl/α,β-unsaturated/α-hetero) is 2. The van der Waals surface area contributed by atoms with Crippen molar-refractivity contribution >= 4 is 11.6 Å². The maximum absolute atomic E-state index is 11.8. The van der Waals surface area contributed by atoms with Crippen molar-refractivity contribution in [3.05, 3.63) is 41.7 Å². The van der Waals surface area contributed by atoms with Crippen molar-refractivity contribution in [3.63, 3.8) is 0 Å². The Labute approximate surface area is 111 Å². The average Bonchev–Trinajstić information content (AvgIpc) is 2.83. The number of methoxy groups -OCH3 is 1. The van der Waals surface area contributed by atoms with E-state index in [1.165, 1.54) is 13.8 Å². The van der Waals surface area contributed by atoms with E-state index in [9.17, 15) is 9.59 Å². The Balaban J connectivity index is 2.55. The lowest BCUT2D eigenvalue weighted by Crippen LogP contribution is -2.03. The SMILES string of the molecule is COc1ccc(-c2c[nH]c(C(C)=O)c2C(C)=O)cc1. The Kier molecular flexibility index (Phi) is 3.51. The van der Waals surface area contributed by atoms with E-state index in [0.29, 0.717) is 11.3 Å². The Morgan fingerprint density at radius 1 is 1.05 bits per heavy atom. The van der Waals surface area contributed by atoms with E-state index in [1.807, 2.05) is 24.3 Å². The Morgan fingerprint density at radius 2 is 1.68 bits per heavy atom. The summed E-state index contributed by atoms with van der Waals surface area (Å²) in [5, 5.41) is 0. The van der Waals surface area contributed by atoms with Crippen LogP contribution in [-0.4, -0.2) is 23.7 Å². The van der Waals surface area contributed by atoms with Crippen LogP contribution in [0.1, 0.15) is 34.7 Å². The van der Waals surface area contributed by atoms with E-state index >= 15 is 0 Å². The van der Waals surface area contributed by atoms with Gasteiger partial charge < -0.3 is 9.72 Å². The molecule has 0 saturated heterocycles. The molecule has 0 aliphatic heterocycles. The van der Waals surface area contributed by atoms with Crippen LogP contribution in [0.4, 0.5) is 0 Å². The zero-order chi connectivity index (χ0) is 14.0. The number of rotatable bonds is 4. The third-order valence-electron chi connectivity index (χ3n) is 2.99. The molecule has 4 nitrogen and oxygen atoms in total. The molecule has 1 aromatic heterocycles. The van der Waals surface area contributed by atoms with Crippen LogP contribution in [0.25, 0.3) is 11.1 Å². The summed E-state index contributed by atoms with van der Waals surface area (Å²) in [5.74, 6) is 0.470. The van der Waals surface area contributed by atoms with Gasteiger partial charge in [0, 0.05) is 18.7 Å². The summed E-state index contributed by atoms with van der Waals surface area (Å²) in [5.41, 5.74) is 2.41. The maximum Gasteiger partial charge on any atom is 0.176 e. The summed E-state index contributed by atoms with van der Waals surface area (Å²) in [6, 6.07) is 7.36. The number of benzene rings is 1. The largest absolute Gasteiger partial charge is 0.497 e. The number of H-pyrrole nitrogens is 1. The van der Waals surface area contributed by atoms with Crippen LogP contribution in [-0.2, 0) is 0 Å². The summed E-state index contributed by atoms with van der Waals surface area (Å²) >= 11 is 0. The lowest BCUT2D eigenvalue weighted by atomic mass is 9.99. The molecule has 0 radical (unpaired) electrons. The van der Waals surface area contributed by atoms with Crippen molar-refractivity contribution in [3.8, 4) is 16.9 Å². The predicted octanol–water partition coefficient (Wildman–Crippen LogP) is 3.10. The Hall–Kier alpha value is -2.36. The molecule has 0 aliphatic carbocycles. The third kappa shape index (κ3) is 2.42. The summed E-state index contributed by atoms with van der Waals surface area (Å²) in [7, 11) is 1.60. The van der Waals surface area contributed by atoms with Crippen LogP contribution in [0, 0.1) is 0 Å². The first-order valence-electron chi connectivity index (χ1n) is 5.92. The summed E-state index contributed by atoms with van der Waals surface area (Å²) in [6.45, 7) is 2.90. The van der Waals surface area contributed by atoms with Crippen LogP contribution in [0.5, 0.6) is 5.75 Å². The molecular formula is C15H15NO3. The van der Waals surface area contributed by atoms with Crippen molar-refractivity contribution in [1.82, 2.24) is 4.98 Å². The van der Waals surface area contributed by atoms with Gasteiger partial charge in [0.1, 0.15) is 5.75 Å². The number of nitrogens with one attached hydrogen (secondary N) is 1. The smallest absolute Gasteiger partial charge is 0.176 e. The molecule has 1 heterocycles. The first-order chi connectivity index (χ1) is 9.04. The van der Waals surface area contributed by atoms with E-state index in [1.54, 1.807) is 13.3 Å². The summed E-state index contributed by atoms with van der Waals surface area (Å²) < 4.78 is 5.10. The number of ketones is 2. The lowest BCUT2D eigenvalue weighted by Gasteiger charge is -2.04. The van der Waals surface area contributed by atoms with Crippen LogP contribution < -0.4 is 4.74 Å². The molecule has 0 unspecified atom stereocenters. The first kappa shape index (κ1) is 13.1. The van der Waals surface area contributed by atoms with Crippen molar-refractivity contribution in [1.29, 1.82) is 0 Å². The van der Waals surface area contributed by atoms with Crippen LogP contribution in [0.2, 0.25) is 0 Å². The van der Waals surface area contributed by atoms with Gasteiger partial charge in [0.2, 0.25) is 0 Å². The van der Waals surface area contributed by atoms with Gasteiger partial charge >= 0.3 is 0 Å². The second kappa shape index (κ2) is 5.10. The second-order valence-electron chi connectivity index (χ2n) is 4.29. The molecule has 1 N–H and O–H groups in total. The minimum atomic E-state index is -0.148. The van der Waals surface area contributed by atoms with E-state index in [0.717, 1.165) is 16.9 Å². The third-order valence-corrected chi connectivity index (χ3v) is 2.99. The van der Waals surface area contributed by atoms with Gasteiger partial charge in [-0.05, 0) is 24.6 Å². The molecule has 98 valence electrons. The number of carbonyl (C=O) groups is 2. The first-order valence-corrected chi connectivity index (χ1v) is 5.92. The van der Waals surface area contributed by atoms with Gasteiger partial charge in [0.25, 0.3) is 0 Å². The number of carbonyl (C=O) groups excluding carboxylic acids is 2. The molecule has 0 amide bonds. The van der Waals surface area contributed by atoms with E-state index in [2.05, 4.69) is 4.98 Å². The fourth-order valence-corrected chi connectivity index (χ4v) is 2.06. The topological polar surface area (TPSA) is 59.2 Å². The highest BCUT2D eigenvalue weighted by Gasteiger charge is 2.19. The van der Waals surface area contributed by atoms with Gasteiger partial charge in [0.05, 0.1) is 18.4 Å². The Bertz CT molecular complexity index is 623. The fraction of sp³-hybridized carbons (Fsp3) is 0.200. The molecule has 0 fully saturated rings. The number of aromatic nitrogens is 1. The van der Waals surface area contributed by atoms with Crippen molar-refractivity contribution in [2.75, 3.05) is 7.11 Å². The van der Waals surface area contributed by atoms with E-state index in [-0.39, 0.29) is 11.6 Å². The number of aromatic amines is 1. The number of hydrogen-bond acceptors (Lipinski definition) is 3. The maximum atomic E-state index is 11.8. The van der Waals surface area contributed by atoms with Gasteiger partial charge in [-0.2, -0.15) is 0 Å². The lowest BCUT2D eigenvalue weighted by molar-refractivity contribution is 0.0979. The van der Waals surface area contributed by atoms with Gasteiger partial charge in [0.15, 0.2) is 11.6 Å². The molecule has 2 rings (SSSR count). The molecule has 19 heavy (non-hydrogen) atoms. The van der Waals surface area contributed by atoms with Crippen molar-refractivity contribution in [2.24, 2.45) is 0 Å². The molecule has 1 aromatic carbocycles. The predicted molar refractivity (Wildman–Crippen MR) is 72.8 cm³/mol. The zero-order valence-electron chi connectivity index (χ0n) is 11.1. The molecule has 2 aromatic rings. The number of ether oxygens (including phenoxy) is 1. The standard InChI is InChI=1S/C15H15NO3/c1-9(17)14-13(8-16-15(14)10(2)18)11-4-6-12(19-3)7-5-11/h4-8,16H,1-3H3. The molecule has 0 saturated carbocycles. The summed E-state index contributed by atoms with van der Waals surface area (Å²) in [4.78, 5) is 26.1. The normalized spacial score (nSPS) is 10.3. The average molecular weight is 257 g/mol. The molecule has 0 aliphatic rings. The minimum Gasteiger partial charge on any atom is -0.497 e. The molecule has 4 heteroatoms. The highest BCUT2D eigenvalue weighted by molar-refractivity contribution is 6.10. The molecule has 0 bridgehead atoms. The van der Waals surface area contributed by atoms with Crippen LogP contribution >= 0.6 is 0 Å². The fourth-order valence-electron chi connectivity index (χ4n) is 2.06. The van der Waals surface area contributed by atoms with Gasteiger partial charge in [-0.15, -0.1) is 0 Å². The second-order valence-corrected chi connectivity index (χ2v) is 4.29.